The maximum atomic E-state index is 6.13. The van der Waals surface area contributed by atoms with Gasteiger partial charge in [0, 0.05) is 10.9 Å². The van der Waals surface area contributed by atoms with E-state index in [1.54, 1.807) is 5.17 Å². The predicted molar refractivity (Wildman–Crippen MR) is 103 cm³/mol. The first-order chi connectivity index (χ1) is 12.4. The summed E-state index contributed by atoms with van der Waals surface area (Å²) in [6.45, 7) is 0. The van der Waals surface area contributed by atoms with Crippen LogP contribution in [0.5, 0.6) is 0 Å². The van der Waals surface area contributed by atoms with Crippen LogP contribution >= 0.6 is 0 Å². The number of hydrazine groups is 1. The molecule has 0 bridgehead atoms. The lowest BCUT2D eigenvalue weighted by atomic mass is 10.0. The summed E-state index contributed by atoms with van der Waals surface area (Å²) >= 11 is 0. The summed E-state index contributed by atoms with van der Waals surface area (Å²) in [5.74, 6) is 0.810. The first-order valence-electron chi connectivity index (χ1n) is 8.30. The first-order valence-corrected chi connectivity index (χ1v) is 8.30. The van der Waals surface area contributed by atoms with Crippen LogP contribution in [0.2, 0.25) is 0 Å². The van der Waals surface area contributed by atoms with E-state index in [9.17, 15) is 0 Å². The molecule has 0 spiro atoms. The van der Waals surface area contributed by atoms with Gasteiger partial charge in [0.25, 0.3) is 0 Å². The van der Waals surface area contributed by atoms with Gasteiger partial charge < -0.3 is 4.84 Å². The van der Waals surface area contributed by atoms with Crippen LogP contribution in [0, 0.1) is 0 Å². The molecule has 0 aromatic heterocycles. The average Bonchev–Trinajstić information content (AvgIpc) is 3.17. The number of anilines is 1. The number of hydrogen-bond acceptors (Lipinski definition) is 3. The second-order valence-electron chi connectivity index (χ2n) is 6.05. The van der Waals surface area contributed by atoms with E-state index in [0.29, 0.717) is 0 Å². The van der Waals surface area contributed by atoms with Gasteiger partial charge in [-0.15, -0.1) is 5.17 Å². The minimum absolute atomic E-state index is 0.810. The quantitative estimate of drug-likeness (QED) is 0.545. The summed E-state index contributed by atoms with van der Waals surface area (Å²) in [5, 5.41) is 6.43. The third-order valence-corrected chi connectivity index (χ3v) is 4.54. The highest BCUT2D eigenvalue weighted by Crippen LogP contribution is 2.33. The van der Waals surface area contributed by atoms with E-state index in [1.807, 2.05) is 24.4 Å². The van der Waals surface area contributed by atoms with Crippen molar-refractivity contribution in [2.24, 2.45) is 0 Å². The lowest BCUT2D eigenvalue weighted by molar-refractivity contribution is 0.245. The largest absolute Gasteiger partial charge is 0.357 e. The molecule has 0 atom stereocenters. The van der Waals surface area contributed by atoms with Crippen LogP contribution in [0.15, 0.2) is 91.1 Å². The van der Waals surface area contributed by atoms with Crippen molar-refractivity contribution < 1.29 is 4.84 Å². The molecule has 1 aliphatic rings. The number of benzene rings is 4. The van der Waals surface area contributed by atoms with E-state index in [4.69, 9.17) is 4.84 Å². The number of hydrogen-bond donors (Lipinski definition) is 1. The van der Waals surface area contributed by atoms with Crippen molar-refractivity contribution in [2.75, 3.05) is 5.17 Å². The predicted octanol–water partition coefficient (Wildman–Crippen LogP) is 5.25. The van der Waals surface area contributed by atoms with E-state index in [-0.39, 0.29) is 0 Å². The smallest absolute Gasteiger partial charge is 0.183 e. The summed E-state index contributed by atoms with van der Waals surface area (Å²) in [5.41, 5.74) is 5.29. The molecule has 3 heteroatoms. The highest BCUT2D eigenvalue weighted by atomic mass is 16.7. The molecule has 0 aliphatic carbocycles. The fourth-order valence-electron chi connectivity index (χ4n) is 3.34. The van der Waals surface area contributed by atoms with E-state index in [2.05, 4.69) is 72.2 Å². The monoisotopic (exact) mass is 324 g/mol. The van der Waals surface area contributed by atoms with Crippen LogP contribution < -0.4 is 10.6 Å². The van der Waals surface area contributed by atoms with E-state index in [0.717, 1.165) is 22.4 Å². The number of fused-ring (bicyclic) bond motifs is 2. The molecule has 1 N–H and O–H groups in total. The summed E-state index contributed by atoms with van der Waals surface area (Å²) in [6.07, 6.45) is 1.91. The van der Waals surface area contributed by atoms with Crippen LogP contribution in [0.25, 0.3) is 27.3 Å². The van der Waals surface area contributed by atoms with Crippen molar-refractivity contribution in [3.05, 3.63) is 96.7 Å². The van der Waals surface area contributed by atoms with Gasteiger partial charge in [-0.05, 0) is 22.2 Å². The summed E-state index contributed by atoms with van der Waals surface area (Å²) < 4.78 is 0. The van der Waals surface area contributed by atoms with E-state index in [1.165, 1.54) is 16.2 Å². The zero-order chi connectivity index (χ0) is 16.6. The van der Waals surface area contributed by atoms with Gasteiger partial charge in [-0.1, -0.05) is 78.9 Å². The Morgan fingerprint density at radius 2 is 1.28 bits per heavy atom. The molecule has 120 valence electrons. The van der Waals surface area contributed by atoms with E-state index >= 15 is 0 Å². The molecule has 5 rings (SSSR count). The lowest BCUT2D eigenvalue weighted by Crippen LogP contribution is -2.28. The summed E-state index contributed by atoms with van der Waals surface area (Å²) in [7, 11) is 0. The van der Waals surface area contributed by atoms with Gasteiger partial charge in [-0.3, -0.25) is 5.43 Å². The minimum Gasteiger partial charge on any atom is -0.357 e. The van der Waals surface area contributed by atoms with Crippen molar-refractivity contribution in [1.29, 1.82) is 0 Å². The average molecular weight is 324 g/mol. The summed E-state index contributed by atoms with van der Waals surface area (Å²) in [6, 6.07) is 29.1. The Labute approximate surface area is 145 Å². The third-order valence-electron chi connectivity index (χ3n) is 4.54. The number of nitrogens with one attached hydrogen (secondary N) is 1. The van der Waals surface area contributed by atoms with E-state index < -0.39 is 0 Å². The van der Waals surface area contributed by atoms with Gasteiger partial charge in [0.2, 0.25) is 0 Å². The fraction of sp³-hybridized carbons (Fsp3) is 0. The Morgan fingerprint density at radius 1 is 0.640 bits per heavy atom. The normalized spacial score (nSPS) is 13.6. The molecule has 3 nitrogen and oxygen atoms in total. The standard InChI is InChI=1S/C22H16N2O/c1-3-11-18-16(7-1)9-5-13-20(18)22-15-23-24(25-22)21-14-6-10-17-8-2-4-12-19(17)21/h1-15,23H. The van der Waals surface area contributed by atoms with Crippen molar-refractivity contribution in [3.8, 4) is 0 Å². The van der Waals surface area contributed by atoms with Gasteiger partial charge in [0.05, 0.1) is 6.20 Å². The van der Waals surface area contributed by atoms with Crippen LogP contribution in [-0.2, 0) is 4.84 Å². The zero-order valence-electron chi connectivity index (χ0n) is 13.5. The van der Waals surface area contributed by atoms with Crippen molar-refractivity contribution in [2.45, 2.75) is 0 Å². The molecule has 0 saturated heterocycles. The zero-order valence-corrected chi connectivity index (χ0v) is 13.5. The second-order valence-corrected chi connectivity index (χ2v) is 6.05. The Balaban J connectivity index is 1.53. The number of nitrogens with zero attached hydrogens (tertiary/aromatic N) is 1. The topological polar surface area (TPSA) is 24.5 Å². The van der Waals surface area contributed by atoms with Gasteiger partial charge in [-0.2, -0.15) is 0 Å². The van der Waals surface area contributed by atoms with Crippen molar-refractivity contribution in [1.82, 2.24) is 5.43 Å². The van der Waals surface area contributed by atoms with Gasteiger partial charge in [-0.25, -0.2) is 0 Å². The molecule has 0 radical (unpaired) electrons. The fourth-order valence-corrected chi connectivity index (χ4v) is 3.34. The van der Waals surface area contributed by atoms with Gasteiger partial charge >= 0.3 is 0 Å². The molecule has 4 aromatic rings. The molecular weight excluding hydrogens is 308 g/mol. The lowest BCUT2D eigenvalue weighted by Gasteiger charge is -2.20. The molecule has 0 saturated carbocycles. The molecule has 0 fully saturated rings. The second kappa shape index (κ2) is 5.56. The highest BCUT2D eigenvalue weighted by Gasteiger charge is 2.20. The van der Waals surface area contributed by atoms with Crippen LogP contribution in [0.4, 0.5) is 5.69 Å². The Kier molecular flexibility index (Phi) is 3.10. The Hall–Kier alpha value is -3.46. The minimum atomic E-state index is 0.810. The molecule has 25 heavy (non-hydrogen) atoms. The highest BCUT2D eigenvalue weighted by molar-refractivity contribution is 5.95. The molecule has 1 aliphatic heterocycles. The first kappa shape index (κ1) is 13.9. The van der Waals surface area contributed by atoms with Crippen LogP contribution in [-0.4, -0.2) is 0 Å². The molecule has 0 unspecified atom stereocenters. The Morgan fingerprint density at radius 3 is 2.12 bits per heavy atom. The maximum Gasteiger partial charge on any atom is 0.183 e. The maximum absolute atomic E-state index is 6.13. The van der Waals surface area contributed by atoms with Crippen LogP contribution in [0.3, 0.4) is 0 Å². The van der Waals surface area contributed by atoms with Gasteiger partial charge in [0.1, 0.15) is 5.69 Å². The number of rotatable bonds is 2. The van der Waals surface area contributed by atoms with Crippen LogP contribution in [0.1, 0.15) is 5.56 Å². The SMILES string of the molecule is C1=C(c2cccc3ccccc23)ON(c2cccc3ccccc23)N1. The molecule has 1 heterocycles. The van der Waals surface area contributed by atoms with Crippen molar-refractivity contribution >= 4 is 33.0 Å². The molecule has 0 amide bonds. The summed E-state index contributed by atoms with van der Waals surface area (Å²) in [4.78, 5) is 6.13. The molecule has 4 aromatic carbocycles. The van der Waals surface area contributed by atoms with Crippen molar-refractivity contribution in [3.63, 3.8) is 0 Å². The third kappa shape index (κ3) is 2.29. The Bertz CT molecular complexity index is 1110. The van der Waals surface area contributed by atoms with Gasteiger partial charge in [0.15, 0.2) is 5.76 Å². The molecular formula is C22H16N2O.